The van der Waals surface area contributed by atoms with Gasteiger partial charge in [0.1, 0.15) is 9.75 Å². The minimum atomic E-state index is -3.82. The van der Waals surface area contributed by atoms with Crippen LogP contribution in [0, 0.1) is 0 Å². The molecule has 2 N–H and O–H groups in total. The molecule has 1 aliphatic rings. The number of nitrogens with one attached hydrogen (secondary N) is 1. The zero-order valence-corrected chi connectivity index (χ0v) is 12.7. The van der Waals surface area contributed by atoms with E-state index < -0.39 is 21.5 Å². The Hall–Kier alpha value is -0.960. The van der Waals surface area contributed by atoms with Crippen molar-refractivity contribution < 1.29 is 23.1 Å². The number of ether oxygens (including phenoxy) is 1. The van der Waals surface area contributed by atoms with Gasteiger partial charge in [-0.25, -0.2) is 8.42 Å². The highest BCUT2D eigenvalue weighted by molar-refractivity contribution is 7.91. The summed E-state index contributed by atoms with van der Waals surface area (Å²) >= 11 is 1.16. The Morgan fingerprint density at radius 3 is 2.60 bits per heavy atom. The molecule has 1 aromatic heterocycles. The number of hydrogen-bond donors (Lipinski definition) is 2. The second-order valence-corrected chi connectivity index (χ2v) is 7.76. The van der Waals surface area contributed by atoms with Crippen LogP contribution in [-0.2, 0) is 26.0 Å². The molecule has 0 saturated carbocycles. The molecule has 0 bridgehead atoms. The van der Waals surface area contributed by atoms with Crippen LogP contribution in [0.2, 0.25) is 0 Å². The van der Waals surface area contributed by atoms with Gasteiger partial charge in [-0.2, -0.15) is 4.72 Å². The summed E-state index contributed by atoms with van der Waals surface area (Å²) in [4.78, 5) is 12.4. The Morgan fingerprint density at radius 1 is 1.45 bits per heavy atom. The van der Waals surface area contributed by atoms with Crippen molar-refractivity contribution in [2.24, 2.45) is 0 Å². The van der Waals surface area contributed by atoms with E-state index in [0.29, 0.717) is 0 Å². The highest BCUT2D eigenvalue weighted by atomic mass is 32.2. The van der Waals surface area contributed by atoms with Crippen LogP contribution in [-0.4, -0.2) is 38.2 Å². The van der Waals surface area contributed by atoms with Crippen molar-refractivity contribution in [3.05, 3.63) is 17.0 Å². The van der Waals surface area contributed by atoms with Gasteiger partial charge in [0.25, 0.3) is 10.0 Å². The van der Waals surface area contributed by atoms with Crippen LogP contribution in [0.25, 0.3) is 0 Å². The fourth-order valence-electron chi connectivity index (χ4n) is 2.08. The molecule has 0 aromatic carbocycles. The summed E-state index contributed by atoms with van der Waals surface area (Å²) in [6, 6.07) is 3.26. The zero-order chi connectivity index (χ0) is 14.8. The first-order chi connectivity index (χ1) is 9.39. The lowest BCUT2D eigenvalue weighted by atomic mass is 9.92. The van der Waals surface area contributed by atoms with E-state index in [1.165, 1.54) is 6.07 Å². The predicted molar refractivity (Wildman–Crippen MR) is 74.4 cm³/mol. The second kappa shape index (κ2) is 5.80. The average Bonchev–Trinajstić information content (AvgIpc) is 2.88. The molecule has 0 spiro atoms. The quantitative estimate of drug-likeness (QED) is 0.851. The summed E-state index contributed by atoms with van der Waals surface area (Å²) in [6.45, 7) is 2.41. The molecule has 0 atom stereocenters. The van der Waals surface area contributed by atoms with Crippen LogP contribution in [0.15, 0.2) is 16.3 Å². The van der Waals surface area contributed by atoms with Gasteiger partial charge >= 0.3 is 5.97 Å². The highest BCUT2D eigenvalue weighted by Gasteiger charge is 2.44. The summed E-state index contributed by atoms with van der Waals surface area (Å²) in [6.07, 6.45) is 1.01. The lowest BCUT2D eigenvalue weighted by Gasteiger charge is -2.33. The molecule has 112 valence electrons. The van der Waals surface area contributed by atoms with Crippen molar-refractivity contribution in [2.75, 3.05) is 13.2 Å². The maximum absolute atomic E-state index is 12.3. The summed E-state index contributed by atoms with van der Waals surface area (Å²) in [7, 11) is -3.82. The van der Waals surface area contributed by atoms with Crippen LogP contribution in [0.1, 0.15) is 24.6 Å². The van der Waals surface area contributed by atoms with E-state index in [2.05, 4.69) is 4.72 Å². The average molecular weight is 319 g/mol. The monoisotopic (exact) mass is 319 g/mol. The minimum absolute atomic E-state index is 0.133. The fraction of sp³-hybridized carbons (Fsp3) is 0.583. The van der Waals surface area contributed by atoms with Gasteiger partial charge in [-0.05, 0) is 18.6 Å². The van der Waals surface area contributed by atoms with E-state index >= 15 is 0 Å². The standard InChI is InChI=1S/C12H17NO5S2/c1-2-9-3-4-10(19-9)20(16,17)13-12(11(14)15)5-7-18-8-6-12/h3-4,13H,2,5-8H2,1H3,(H,14,15). The summed E-state index contributed by atoms with van der Waals surface area (Å²) in [5, 5.41) is 9.37. The van der Waals surface area contributed by atoms with Gasteiger partial charge in [0.05, 0.1) is 0 Å². The Bertz CT molecular complexity index is 587. The van der Waals surface area contributed by atoms with E-state index in [-0.39, 0.29) is 30.3 Å². The smallest absolute Gasteiger partial charge is 0.325 e. The van der Waals surface area contributed by atoms with E-state index in [0.717, 1.165) is 22.6 Å². The van der Waals surface area contributed by atoms with Crippen LogP contribution >= 0.6 is 11.3 Å². The Morgan fingerprint density at radius 2 is 2.10 bits per heavy atom. The zero-order valence-electron chi connectivity index (χ0n) is 11.1. The number of thiophene rings is 1. The second-order valence-electron chi connectivity index (χ2n) is 4.68. The Kier molecular flexibility index (Phi) is 4.48. The minimum Gasteiger partial charge on any atom is -0.480 e. The van der Waals surface area contributed by atoms with Crippen LogP contribution in [0.3, 0.4) is 0 Å². The van der Waals surface area contributed by atoms with Gasteiger partial charge in [-0.3, -0.25) is 4.79 Å². The third kappa shape index (κ3) is 3.03. The SMILES string of the molecule is CCc1ccc(S(=O)(=O)NC2(C(=O)O)CCOCC2)s1. The van der Waals surface area contributed by atoms with Crippen LogP contribution < -0.4 is 4.72 Å². The normalized spacial score (nSPS) is 18.9. The number of rotatable bonds is 5. The summed E-state index contributed by atoms with van der Waals surface area (Å²) < 4.78 is 32.3. The highest BCUT2D eigenvalue weighted by Crippen LogP contribution is 2.27. The molecule has 6 nitrogen and oxygen atoms in total. The maximum atomic E-state index is 12.3. The summed E-state index contributed by atoms with van der Waals surface area (Å²) in [5.74, 6) is -1.16. The van der Waals surface area contributed by atoms with Gasteiger partial charge in [-0.15, -0.1) is 11.3 Å². The number of hydrogen-bond acceptors (Lipinski definition) is 5. The number of carbonyl (C=O) groups is 1. The number of carboxylic acid groups (broad SMARTS) is 1. The molecule has 20 heavy (non-hydrogen) atoms. The molecule has 1 fully saturated rings. The lowest BCUT2D eigenvalue weighted by molar-refractivity contribution is -0.147. The number of aryl methyl sites for hydroxylation is 1. The van der Waals surface area contributed by atoms with Crippen molar-refractivity contribution >= 4 is 27.3 Å². The third-order valence-electron chi connectivity index (χ3n) is 3.34. The molecule has 1 aromatic rings. The van der Waals surface area contributed by atoms with Crippen molar-refractivity contribution in [1.82, 2.24) is 4.72 Å². The van der Waals surface area contributed by atoms with E-state index in [9.17, 15) is 18.3 Å². The van der Waals surface area contributed by atoms with Gasteiger partial charge in [0, 0.05) is 30.9 Å². The number of aliphatic carboxylic acids is 1. The fourth-order valence-corrected chi connectivity index (χ4v) is 4.79. The number of carboxylic acids is 1. The molecular weight excluding hydrogens is 302 g/mol. The molecule has 1 aliphatic heterocycles. The van der Waals surface area contributed by atoms with Gasteiger partial charge in [0.2, 0.25) is 0 Å². The van der Waals surface area contributed by atoms with E-state index in [4.69, 9.17) is 4.74 Å². The first-order valence-corrected chi connectivity index (χ1v) is 8.63. The van der Waals surface area contributed by atoms with Crippen molar-refractivity contribution in [3.63, 3.8) is 0 Å². The van der Waals surface area contributed by atoms with Gasteiger partial charge < -0.3 is 9.84 Å². The molecule has 1 saturated heterocycles. The molecule has 0 aliphatic carbocycles. The van der Waals surface area contributed by atoms with E-state index in [1.807, 2.05) is 6.92 Å². The largest absolute Gasteiger partial charge is 0.480 e. The molecule has 8 heteroatoms. The molecule has 0 amide bonds. The van der Waals surface area contributed by atoms with Crippen molar-refractivity contribution in [1.29, 1.82) is 0 Å². The van der Waals surface area contributed by atoms with Gasteiger partial charge in [-0.1, -0.05) is 6.92 Å². The predicted octanol–water partition coefficient (Wildman–Crippen LogP) is 1.22. The van der Waals surface area contributed by atoms with Crippen molar-refractivity contribution in [3.8, 4) is 0 Å². The van der Waals surface area contributed by atoms with Crippen molar-refractivity contribution in [2.45, 2.75) is 35.9 Å². The lowest BCUT2D eigenvalue weighted by Crippen LogP contribution is -2.57. The topological polar surface area (TPSA) is 92.7 Å². The maximum Gasteiger partial charge on any atom is 0.325 e. The van der Waals surface area contributed by atoms with Gasteiger partial charge in [0.15, 0.2) is 0 Å². The summed E-state index contributed by atoms with van der Waals surface area (Å²) in [5.41, 5.74) is -1.46. The molecule has 2 rings (SSSR count). The molecule has 0 unspecified atom stereocenters. The molecular formula is C12H17NO5S2. The first-order valence-electron chi connectivity index (χ1n) is 6.33. The Labute approximate surface area is 121 Å². The molecule has 2 heterocycles. The Balaban J connectivity index is 2.27. The van der Waals surface area contributed by atoms with E-state index in [1.54, 1.807) is 6.07 Å². The third-order valence-corrected chi connectivity index (χ3v) is 6.59. The first kappa shape index (κ1) is 15.4. The van der Waals surface area contributed by atoms with Crippen LogP contribution in [0.5, 0.6) is 0 Å². The molecule has 0 radical (unpaired) electrons. The van der Waals surface area contributed by atoms with Crippen LogP contribution in [0.4, 0.5) is 0 Å². The number of sulfonamides is 1.